The molecule has 5 nitrogen and oxygen atoms in total. The highest BCUT2D eigenvalue weighted by Gasteiger charge is 2.05. The Kier molecular flexibility index (Phi) is 7.22. The molecular formula is C17H25NO4. The van der Waals surface area contributed by atoms with E-state index in [9.17, 15) is 0 Å². The number of furan rings is 2. The molecule has 5 heteroatoms. The highest BCUT2D eigenvalue weighted by molar-refractivity contribution is 5.08. The molecule has 0 saturated heterocycles. The Bertz CT molecular complexity index is 532. The second-order valence-corrected chi connectivity index (χ2v) is 5.26. The van der Waals surface area contributed by atoms with Gasteiger partial charge in [-0.1, -0.05) is 0 Å². The minimum Gasteiger partial charge on any atom is -0.464 e. The van der Waals surface area contributed by atoms with Crippen LogP contribution in [-0.2, 0) is 30.8 Å². The number of aliphatic hydroxyl groups excluding tert-OH is 1. The molecule has 2 N–H and O–H groups in total. The van der Waals surface area contributed by atoms with Crippen molar-refractivity contribution in [2.45, 2.75) is 38.9 Å². The van der Waals surface area contributed by atoms with Crippen molar-refractivity contribution in [2.75, 3.05) is 20.2 Å². The van der Waals surface area contributed by atoms with Crippen molar-refractivity contribution in [3.63, 3.8) is 0 Å². The maximum absolute atomic E-state index is 8.79. The summed E-state index contributed by atoms with van der Waals surface area (Å²) in [6, 6.07) is 7.82. The minimum absolute atomic E-state index is 0.182. The Morgan fingerprint density at radius 3 is 2.00 bits per heavy atom. The third kappa shape index (κ3) is 5.67. The Balaban J connectivity index is 1.68. The van der Waals surface area contributed by atoms with Crippen molar-refractivity contribution < 1.29 is 18.7 Å². The lowest BCUT2D eigenvalue weighted by atomic mass is 10.2. The van der Waals surface area contributed by atoms with Crippen LogP contribution >= 0.6 is 0 Å². The molecule has 122 valence electrons. The van der Waals surface area contributed by atoms with Crippen LogP contribution in [0.1, 0.15) is 35.9 Å². The van der Waals surface area contributed by atoms with Gasteiger partial charge in [0.05, 0.1) is 0 Å². The number of nitrogens with one attached hydrogen (secondary N) is 1. The number of hydrogen-bond donors (Lipinski definition) is 2. The van der Waals surface area contributed by atoms with Gasteiger partial charge >= 0.3 is 0 Å². The van der Waals surface area contributed by atoms with Crippen LogP contribution in [0.15, 0.2) is 33.1 Å². The third-order valence-corrected chi connectivity index (χ3v) is 3.35. The van der Waals surface area contributed by atoms with Crippen molar-refractivity contribution in [3.8, 4) is 0 Å². The maximum Gasteiger partial charge on any atom is 0.129 e. The van der Waals surface area contributed by atoms with Crippen LogP contribution in [0.5, 0.6) is 0 Å². The van der Waals surface area contributed by atoms with E-state index in [4.69, 9.17) is 18.7 Å². The Morgan fingerprint density at radius 2 is 1.45 bits per heavy atom. The molecule has 0 bridgehead atoms. The molecule has 2 aromatic rings. The molecule has 2 rings (SSSR count). The molecule has 0 unspecified atom stereocenters. The average Bonchev–Trinajstić information content (AvgIpc) is 3.15. The van der Waals surface area contributed by atoms with Crippen LogP contribution in [0.4, 0.5) is 0 Å². The zero-order valence-corrected chi connectivity index (χ0v) is 13.1. The van der Waals surface area contributed by atoms with Crippen molar-refractivity contribution in [1.29, 1.82) is 0 Å². The summed E-state index contributed by atoms with van der Waals surface area (Å²) in [5.41, 5.74) is 0. The number of ether oxygens (including phenoxy) is 1. The van der Waals surface area contributed by atoms with Crippen molar-refractivity contribution in [3.05, 3.63) is 47.3 Å². The summed E-state index contributed by atoms with van der Waals surface area (Å²) in [4.78, 5) is 0. The number of hydrogen-bond acceptors (Lipinski definition) is 5. The summed E-state index contributed by atoms with van der Waals surface area (Å²) >= 11 is 0. The van der Waals surface area contributed by atoms with Crippen molar-refractivity contribution in [2.24, 2.45) is 0 Å². The van der Waals surface area contributed by atoms with E-state index in [1.165, 1.54) is 0 Å². The quantitative estimate of drug-likeness (QED) is 0.625. The molecule has 0 aromatic carbocycles. The minimum atomic E-state index is 0.182. The fourth-order valence-corrected chi connectivity index (χ4v) is 2.21. The van der Waals surface area contributed by atoms with Gasteiger partial charge < -0.3 is 24.0 Å². The third-order valence-electron chi connectivity index (χ3n) is 3.35. The molecule has 2 heterocycles. The first kappa shape index (κ1) is 16.8. The van der Waals surface area contributed by atoms with E-state index in [1.54, 1.807) is 0 Å². The fourth-order valence-electron chi connectivity index (χ4n) is 2.21. The van der Waals surface area contributed by atoms with Crippen LogP contribution in [-0.4, -0.2) is 25.3 Å². The lowest BCUT2D eigenvalue weighted by Gasteiger charge is -2.00. The smallest absolute Gasteiger partial charge is 0.129 e. The van der Waals surface area contributed by atoms with Gasteiger partial charge in [0.15, 0.2) is 0 Å². The SMILES string of the molecule is CNCCCc1ccc(COCc2ccc(CCCO)o2)o1. The number of aliphatic hydroxyl groups is 1. The average molecular weight is 307 g/mol. The van der Waals surface area contributed by atoms with Crippen LogP contribution in [0.3, 0.4) is 0 Å². The zero-order valence-electron chi connectivity index (χ0n) is 13.1. The van der Waals surface area contributed by atoms with E-state index in [-0.39, 0.29) is 6.61 Å². The Labute approximate surface area is 131 Å². The molecular weight excluding hydrogens is 282 g/mol. The van der Waals surface area contributed by atoms with Gasteiger partial charge in [-0.3, -0.25) is 0 Å². The second kappa shape index (κ2) is 9.46. The Morgan fingerprint density at radius 1 is 0.909 bits per heavy atom. The molecule has 0 aliphatic heterocycles. The summed E-state index contributed by atoms with van der Waals surface area (Å²) in [6.07, 6.45) is 3.47. The summed E-state index contributed by atoms with van der Waals surface area (Å²) < 4.78 is 16.9. The van der Waals surface area contributed by atoms with Crippen molar-refractivity contribution >= 4 is 0 Å². The first-order valence-corrected chi connectivity index (χ1v) is 7.80. The molecule has 0 radical (unpaired) electrons. The molecule has 0 aliphatic carbocycles. The van der Waals surface area contributed by atoms with E-state index in [0.717, 1.165) is 55.3 Å². The number of rotatable bonds is 11. The van der Waals surface area contributed by atoms with Crippen LogP contribution < -0.4 is 5.32 Å². The predicted octanol–water partition coefficient (Wildman–Crippen LogP) is 2.67. The lowest BCUT2D eigenvalue weighted by Crippen LogP contribution is -2.08. The summed E-state index contributed by atoms with van der Waals surface area (Å²) in [5, 5.41) is 11.9. The van der Waals surface area contributed by atoms with E-state index >= 15 is 0 Å². The molecule has 22 heavy (non-hydrogen) atoms. The lowest BCUT2D eigenvalue weighted by molar-refractivity contribution is 0.0788. The first-order chi connectivity index (χ1) is 10.8. The molecule has 2 aromatic heterocycles. The fraction of sp³-hybridized carbons (Fsp3) is 0.529. The topological polar surface area (TPSA) is 67.8 Å². The van der Waals surface area contributed by atoms with Gasteiger partial charge in [-0.15, -0.1) is 0 Å². The van der Waals surface area contributed by atoms with E-state index in [1.807, 2.05) is 31.3 Å². The highest BCUT2D eigenvalue weighted by atomic mass is 16.5. The molecule has 0 amide bonds. The summed E-state index contributed by atoms with van der Waals surface area (Å²) in [6.45, 7) is 2.04. The molecule has 0 spiro atoms. The van der Waals surface area contributed by atoms with Crippen LogP contribution in [0.2, 0.25) is 0 Å². The van der Waals surface area contributed by atoms with Crippen LogP contribution in [0, 0.1) is 0 Å². The second-order valence-electron chi connectivity index (χ2n) is 5.26. The van der Waals surface area contributed by atoms with Gasteiger partial charge in [-0.05, 0) is 50.7 Å². The van der Waals surface area contributed by atoms with E-state index in [2.05, 4.69) is 5.32 Å². The predicted molar refractivity (Wildman–Crippen MR) is 83.6 cm³/mol. The van der Waals surface area contributed by atoms with Gasteiger partial charge in [0.25, 0.3) is 0 Å². The molecule has 0 saturated carbocycles. The highest BCUT2D eigenvalue weighted by Crippen LogP contribution is 2.14. The van der Waals surface area contributed by atoms with Gasteiger partial charge in [-0.2, -0.15) is 0 Å². The monoisotopic (exact) mass is 307 g/mol. The Hall–Kier alpha value is -1.56. The van der Waals surface area contributed by atoms with Crippen molar-refractivity contribution in [1.82, 2.24) is 5.32 Å². The maximum atomic E-state index is 8.79. The van der Waals surface area contributed by atoms with E-state index < -0.39 is 0 Å². The summed E-state index contributed by atoms with van der Waals surface area (Å²) in [5.74, 6) is 3.52. The van der Waals surface area contributed by atoms with Gasteiger partial charge in [0.1, 0.15) is 36.3 Å². The normalized spacial score (nSPS) is 11.2. The van der Waals surface area contributed by atoms with Gasteiger partial charge in [0, 0.05) is 19.4 Å². The zero-order chi connectivity index (χ0) is 15.6. The molecule has 0 atom stereocenters. The first-order valence-electron chi connectivity index (χ1n) is 7.80. The molecule has 0 fully saturated rings. The standard InChI is InChI=1S/C17H25NO4/c1-18-10-2-4-14-6-8-16(21-14)12-20-13-17-9-7-15(22-17)5-3-11-19/h6-9,18-19H,2-5,10-13H2,1H3. The number of aryl methyl sites for hydroxylation is 2. The summed E-state index contributed by atoms with van der Waals surface area (Å²) in [7, 11) is 1.95. The molecule has 0 aliphatic rings. The van der Waals surface area contributed by atoms with Crippen LogP contribution in [0.25, 0.3) is 0 Å². The largest absolute Gasteiger partial charge is 0.464 e. The van der Waals surface area contributed by atoms with E-state index in [0.29, 0.717) is 13.2 Å². The van der Waals surface area contributed by atoms with Gasteiger partial charge in [-0.25, -0.2) is 0 Å². The van der Waals surface area contributed by atoms with Gasteiger partial charge in [0.2, 0.25) is 0 Å².